The van der Waals surface area contributed by atoms with Gasteiger partial charge in [0, 0.05) is 23.9 Å². The lowest BCUT2D eigenvalue weighted by Crippen LogP contribution is -2.42. The third kappa shape index (κ3) is 3.78. The minimum Gasteiger partial charge on any atom is -0.394 e. The van der Waals surface area contributed by atoms with E-state index in [-0.39, 0.29) is 48.3 Å². The number of rotatable bonds is 6. The molecule has 28 heavy (non-hydrogen) atoms. The maximum Gasteiger partial charge on any atom is 0.281 e. The summed E-state index contributed by atoms with van der Waals surface area (Å²) in [5.74, 6) is -0.889. The predicted octanol–water partition coefficient (Wildman–Crippen LogP) is 2.47. The first-order chi connectivity index (χ1) is 13.4. The molecule has 0 aliphatic carbocycles. The first-order valence-corrected chi connectivity index (χ1v) is 10.00. The fourth-order valence-electron chi connectivity index (χ4n) is 3.15. The van der Waals surface area contributed by atoms with E-state index in [1.807, 2.05) is 13.2 Å². The number of nitrogens with zero attached hydrogens (tertiary/aromatic N) is 2. The molecule has 0 saturated carbocycles. The monoisotopic (exact) mass is 407 g/mol. The van der Waals surface area contributed by atoms with Crippen LogP contribution in [0.3, 0.4) is 0 Å². The summed E-state index contributed by atoms with van der Waals surface area (Å²) in [6.07, 6.45) is 1.85. The van der Waals surface area contributed by atoms with Crippen molar-refractivity contribution in [1.29, 1.82) is 0 Å². The Hall–Kier alpha value is -2.36. The van der Waals surface area contributed by atoms with Gasteiger partial charge in [-0.1, -0.05) is 6.92 Å². The number of hydrogen-bond acceptors (Lipinski definition) is 6. The Morgan fingerprint density at radius 3 is 2.75 bits per heavy atom. The second-order valence-corrected chi connectivity index (χ2v) is 7.40. The maximum atomic E-state index is 14.5. The van der Waals surface area contributed by atoms with E-state index in [2.05, 4.69) is 5.32 Å². The number of aliphatic hydroxyl groups excluding tert-OH is 1. The van der Waals surface area contributed by atoms with Crippen molar-refractivity contribution in [2.24, 2.45) is 7.05 Å². The van der Waals surface area contributed by atoms with Crippen LogP contribution in [0.15, 0.2) is 34.0 Å². The molecule has 0 spiro atoms. The summed E-state index contributed by atoms with van der Waals surface area (Å²) in [5.41, 5.74) is 0.703. The molecule has 3 rings (SSSR count). The topological polar surface area (TPSA) is 83.8 Å². The Balaban J connectivity index is 2.09. The molecule has 150 valence electrons. The SMILES string of the molecule is CSc1ccc(Nc2c3c(cc(=O)n2C)C(C)CN(OCCO)C3=O)c(F)c1. The summed E-state index contributed by atoms with van der Waals surface area (Å²) in [7, 11) is 1.52. The van der Waals surface area contributed by atoms with Crippen LogP contribution < -0.4 is 10.9 Å². The van der Waals surface area contributed by atoms with Crippen molar-refractivity contribution in [3.05, 3.63) is 51.6 Å². The zero-order chi connectivity index (χ0) is 20.4. The van der Waals surface area contributed by atoms with E-state index in [4.69, 9.17) is 9.94 Å². The molecule has 0 radical (unpaired) electrons. The fourth-order valence-corrected chi connectivity index (χ4v) is 3.57. The van der Waals surface area contributed by atoms with Crippen LogP contribution in [0.1, 0.15) is 28.8 Å². The Morgan fingerprint density at radius 2 is 2.11 bits per heavy atom. The largest absolute Gasteiger partial charge is 0.394 e. The van der Waals surface area contributed by atoms with Crippen LogP contribution in [0.4, 0.5) is 15.9 Å². The third-order valence-electron chi connectivity index (χ3n) is 4.65. The van der Waals surface area contributed by atoms with E-state index >= 15 is 0 Å². The normalized spacial score (nSPS) is 16.2. The quantitative estimate of drug-likeness (QED) is 0.716. The number of anilines is 2. The molecule has 2 N–H and O–H groups in total. The number of aliphatic hydroxyl groups is 1. The molecule has 9 heteroatoms. The molecule has 2 aromatic rings. The van der Waals surface area contributed by atoms with Crippen LogP contribution in [-0.4, -0.2) is 46.7 Å². The van der Waals surface area contributed by atoms with Crippen molar-refractivity contribution < 1.29 is 19.1 Å². The van der Waals surface area contributed by atoms with Crippen LogP contribution in [0.2, 0.25) is 0 Å². The van der Waals surface area contributed by atoms with Crippen molar-refractivity contribution in [2.45, 2.75) is 17.7 Å². The van der Waals surface area contributed by atoms with Gasteiger partial charge in [0.15, 0.2) is 0 Å². The van der Waals surface area contributed by atoms with E-state index in [0.29, 0.717) is 5.56 Å². The zero-order valence-electron chi connectivity index (χ0n) is 15.9. The number of thioether (sulfide) groups is 1. The van der Waals surface area contributed by atoms with Gasteiger partial charge in [-0.25, -0.2) is 9.45 Å². The first-order valence-electron chi connectivity index (χ1n) is 8.77. The highest BCUT2D eigenvalue weighted by molar-refractivity contribution is 7.98. The number of amides is 1. The Bertz CT molecular complexity index is 963. The average Bonchev–Trinajstić information content (AvgIpc) is 2.68. The van der Waals surface area contributed by atoms with Crippen LogP contribution in [0.25, 0.3) is 0 Å². The molecular formula is C19H22FN3O4S. The highest BCUT2D eigenvalue weighted by Crippen LogP contribution is 2.34. The molecule has 1 aliphatic rings. The van der Waals surface area contributed by atoms with Crippen LogP contribution in [0, 0.1) is 5.82 Å². The summed E-state index contributed by atoms with van der Waals surface area (Å²) >= 11 is 1.41. The number of pyridine rings is 1. The average molecular weight is 407 g/mol. The number of hydroxylamine groups is 2. The Morgan fingerprint density at radius 1 is 1.36 bits per heavy atom. The summed E-state index contributed by atoms with van der Waals surface area (Å²) in [4.78, 5) is 31.5. The van der Waals surface area contributed by atoms with Crippen molar-refractivity contribution in [3.63, 3.8) is 0 Å². The number of carbonyl (C=O) groups is 1. The molecule has 0 bridgehead atoms. The Labute approximate surface area is 166 Å². The summed E-state index contributed by atoms with van der Waals surface area (Å²) < 4.78 is 15.8. The number of aromatic nitrogens is 1. The molecule has 7 nitrogen and oxygen atoms in total. The van der Waals surface area contributed by atoms with Crippen molar-refractivity contribution in [3.8, 4) is 0 Å². The van der Waals surface area contributed by atoms with E-state index in [1.54, 1.807) is 12.1 Å². The lowest BCUT2D eigenvalue weighted by atomic mass is 9.92. The van der Waals surface area contributed by atoms with Crippen LogP contribution in [-0.2, 0) is 11.9 Å². The summed E-state index contributed by atoms with van der Waals surface area (Å²) in [5, 5.41) is 13.1. The van der Waals surface area contributed by atoms with Gasteiger partial charge in [-0.05, 0) is 30.0 Å². The van der Waals surface area contributed by atoms with E-state index in [9.17, 15) is 14.0 Å². The van der Waals surface area contributed by atoms with E-state index in [0.717, 1.165) is 4.90 Å². The lowest BCUT2D eigenvalue weighted by Gasteiger charge is -2.33. The smallest absolute Gasteiger partial charge is 0.281 e. The molecule has 1 amide bonds. The zero-order valence-corrected chi connectivity index (χ0v) is 16.7. The van der Waals surface area contributed by atoms with Crippen LogP contribution >= 0.6 is 11.8 Å². The number of halogens is 1. The molecule has 1 atom stereocenters. The third-order valence-corrected chi connectivity index (χ3v) is 5.37. The molecule has 1 aliphatic heterocycles. The van der Waals surface area contributed by atoms with Gasteiger partial charge in [-0.2, -0.15) is 0 Å². The second-order valence-electron chi connectivity index (χ2n) is 6.52. The van der Waals surface area contributed by atoms with Crippen molar-refractivity contribution in [2.75, 3.05) is 31.3 Å². The van der Waals surface area contributed by atoms with Gasteiger partial charge in [-0.15, -0.1) is 11.8 Å². The molecule has 0 fully saturated rings. The second kappa shape index (κ2) is 8.34. The van der Waals surface area contributed by atoms with E-state index in [1.165, 1.54) is 40.6 Å². The van der Waals surface area contributed by atoms with Crippen molar-refractivity contribution >= 4 is 29.2 Å². The number of carbonyl (C=O) groups excluding carboxylic acids is 1. The summed E-state index contributed by atoms with van der Waals surface area (Å²) in [6.45, 7) is 1.89. The van der Waals surface area contributed by atoms with Gasteiger partial charge in [0.25, 0.3) is 11.5 Å². The Kier molecular flexibility index (Phi) is 6.07. The van der Waals surface area contributed by atoms with E-state index < -0.39 is 11.7 Å². The van der Waals surface area contributed by atoms with Gasteiger partial charge < -0.3 is 10.4 Å². The van der Waals surface area contributed by atoms with Gasteiger partial charge in [0.1, 0.15) is 11.6 Å². The highest BCUT2D eigenvalue weighted by atomic mass is 32.2. The van der Waals surface area contributed by atoms with Gasteiger partial charge in [-0.3, -0.25) is 19.0 Å². The standard InChI is InChI=1S/C19H22FN3O4S/c1-11-10-23(27-7-6-24)19(26)17-13(11)9-16(25)22(2)18(17)21-15-5-4-12(28-3)8-14(15)20/h4-5,8-9,11,21,24H,6-7,10H2,1-3H3. The minimum absolute atomic E-state index is 0.0207. The minimum atomic E-state index is -0.485. The van der Waals surface area contributed by atoms with Gasteiger partial charge >= 0.3 is 0 Å². The number of benzene rings is 1. The molecular weight excluding hydrogens is 385 g/mol. The number of hydrogen-bond donors (Lipinski definition) is 2. The first kappa shape index (κ1) is 20.4. The summed E-state index contributed by atoms with van der Waals surface area (Å²) in [6, 6.07) is 6.15. The van der Waals surface area contributed by atoms with Gasteiger partial charge in [0.05, 0.1) is 31.0 Å². The fraction of sp³-hybridized carbons (Fsp3) is 0.368. The van der Waals surface area contributed by atoms with Crippen LogP contribution in [0.5, 0.6) is 0 Å². The highest BCUT2D eigenvalue weighted by Gasteiger charge is 2.34. The lowest BCUT2D eigenvalue weighted by molar-refractivity contribution is -0.135. The van der Waals surface area contributed by atoms with Crippen molar-refractivity contribution in [1.82, 2.24) is 9.63 Å². The number of fused-ring (bicyclic) bond motifs is 1. The number of nitrogens with one attached hydrogen (secondary N) is 1. The molecule has 0 saturated heterocycles. The molecule has 1 aromatic heterocycles. The molecule has 2 heterocycles. The maximum absolute atomic E-state index is 14.5. The van der Waals surface area contributed by atoms with Gasteiger partial charge in [0.2, 0.25) is 0 Å². The molecule has 1 unspecified atom stereocenters. The predicted molar refractivity (Wildman–Crippen MR) is 106 cm³/mol. The molecule has 1 aromatic carbocycles.